The summed E-state index contributed by atoms with van der Waals surface area (Å²) in [6, 6.07) is 6.03. The molecule has 0 bridgehead atoms. The Hall–Kier alpha value is -1.88. The summed E-state index contributed by atoms with van der Waals surface area (Å²) < 4.78 is 5.63. The van der Waals surface area contributed by atoms with Crippen molar-refractivity contribution in [1.82, 2.24) is 4.98 Å². The van der Waals surface area contributed by atoms with E-state index in [0.717, 1.165) is 16.9 Å². The van der Waals surface area contributed by atoms with Gasteiger partial charge < -0.3 is 10.1 Å². The predicted molar refractivity (Wildman–Crippen MR) is 76.8 cm³/mol. The lowest BCUT2D eigenvalue weighted by molar-refractivity contribution is -0.116. The number of amides is 1. The molecule has 2 aromatic rings. The van der Waals surface area contributed by atoms with Gasteiger partial charge in [-0.15, -0.1) is 11.3 Å². The van der Waals surface area contributed by atoms with Gasteiger partial charge in [-0.25, -0.2) is 4.98 Å². The number of hydrogen-bond acceptors (Lipinski definition) is 4. The van der Waals surface area contributed by atoms with Gasteiger partial charge in [-0.1, -0.05) is 12.1 Å². The van der Waals surface area contributed by atoms with E-state index in [1.165, 1.54) is 11.3 Å². The lowest BCUT2D eigenvalue weighted by atomic mass is 10.1. The first-order chi connectivity index (χ1) is 9.15. The van der Waals surface area contributed by atoms with Crippen LogP contribution >= 0.6 is 11.3 Å². The third-order valence-corrected chi connectivity index (χ3v) is 3.30. The van der Waals surface area contributed by atoms with Crippen LogP contribution in [0.4, 0.5) is 5.13 Å². The monoisotopic (exact) mass is 276 g/mol. The lowest BCUT2D eigenvalue weighted by Gasteiger charge is -2.09. The van der Waals surface area contributed by atoms with Crippen LogP contribution in [0.5, 0.6) is 5.75 Å². The Balaban J connectivity index is 1.80. The van der Waals surface area contributed by atoms with Gasteiger partial charge in [-0.3, -0.25) is 4.79 Å². The Morgan fingerprint density at radius 3 is 3.00 bits per heavy atom. The SMILES string of the molecule is Cc1ccc(C)c(OCCC(=O)Nc2nccs2)c1. The van der Waals surface area contributed by atoms with Gasteiger partial charge in [-0.05, 0) is 31.0 Å². The molecule has 2 rings (SSSR count). The van der Waals surface area contributed by atoms with Crippen LogP contribution in [-0.4, -0.2) is 17.5 Å². The van der Waals surface area contributed by atoms with E-state index in [4.69, 9.17) is 4.74 Å². The van der Waals surface area contributed by atoms with Crippen LogP contribution in [0.1, 0.15) is 17.5 Å². The van der Waals surface area contributed by atoms with E-state index < -0.39 is 0 Å². The van der Waals surface area contributed by atoms with E-state index >= 15 is 0 Å². The van der Waals surface area contributed by atoms with E-state index in [0.29, 0.717) is 18.2 Å². The van der Waals surface area contributed by atoms with Crippen molar-refractivity contribution in [3.63, 3.8) is 0 Å². The number of nitrogens with zero attached hydrogens (tertiary/aromatic N) is 1. The molecule has 0 fully saturated rings. The highest BCUT2D eigenvalue weighted by atomic mass is 32.1. The van der Waals surface area contributed by atoms with E-state index in [2.05, 4.69) is 10.3 Å². The summed E-state index contributed by atoms with van der Waals surface area (Å²) in [4.78, 5) is 15.6. The Labute approximate surface area is 116 Å². The largest absolute Gasteiger partial charge is 0.493 e. The number of benzene rings is 1. The average molecular weight is 276 g/mol. The van der Waals surface area contributed by atoms with Crippen molar-refractivity contribution in [2.75, 3.05) is 11.9 Å². The van der Waals surface area contributed by atoms with Crippen molar-refractivity contribution in [2.24, 2.45) is 0 Å². The van der Waals surface area contributed by atoms with Gasteiger partial charge in [0.15, 0.2) is 5.13 Å². The Kier molecular flexibility index (Phi) is 4.52. The first-order valence-corrected chi connectivity index (χ1v) is 6.92. The minimum atomic E-state index is -0.0831. The second kappa shape index (κ2) is 6.33. The molecular formula is C14H16N2O2S. The molecule has 0 aliphatic heterocycles. The van der Waals surface area contributed by atoms with Crippen LogP contribution in [0.25, 0.3) is 0 Å². The standard InChI is InChI=1S/C14H16N2O2S/c1-10-3-4-11(2)12(9-10)18-7-5-13(17)16-14-15-6-8-19-14/h3-4,6,8-9H,5,7H2,1-2H3,(H,15,16,17). The van der Waals surface area contributed by atoms with Gasteiger partial charge in [-0.2, -0.15) is 0 Å². The number of anilines is 1. The highest BCUT2D eigenvalue weighted by Crippen LogP contribution is 2.19. The van der Waals surface area contributed by atoms with Crippen molar-refractivity contribution in [3.8, 4) is 5.75 Å². The van der Waals surface area contributed by atoms with Crippen LogP contribution in [0.2, 0.25) is 0 Å². The number of rotatable bonds is 5. The zero-order valence-electron chi connectivity index (χ0n) is 11.0. The van der Waals surface area contributed by atoms with Crippen LogP contribution in [-0.2, 0) is 4.79 Å². The second-order valence-electron chi connectivity index (χ2n) is 4.25. The molecule has 1 aromatic carbocycles. The summed E-state index contributed by atoms with van der Waals surface area (Å²) in [5.41, 5.74) is 2.22. The minimum Gasteiger partial charge on any atom is -0.493 e. The summed E-state index contributed by atoms with van der Waals surface area (Å²) >= 11 is 1.40. The maximum absolute atomic E-state index is 11.6. The van der Waals surface area contributed by atoms with E-state index in [-0.39, 0.29) is 5.91 Å². The van der Waals surface area contributed by atoms with Crippen molar-refractivity contribution in [3.05, 3.63) is 40.9 Å². The molecule has 5 heteroatoms. The molecule has 0 unspecified atom stereocenters. The maximum atomic E-state index is 11.6. The number of hydrogen-bond donors (Lipinski definition) is 1. The number of aryl methyl sites for hydroxylation is 2. The molecule has 0 aliphatic rings. The quantitative estimate of drug-likeness (QED) is 0.912. The molecule has 1 aromatic heterocycles. The molecule has 1 heterocycles. The Bertz CT molecular complexity index is 553. The van der Waals surface area contributed by atoms with Gasteiger partial charge in [0.1, 0.15) is 5.75 Å². The van der Waals surface area contributed by atoms with Crippen molar-refractivity contribution in [2.45, 2.75) is 20.3 Å². The third-order valence-electron chi connectivity index (χ3n) is 2.61. The van der Waals surface area contributed by atoms with Crippen molar-refractivity contribution < 1.29 is 9.53 Å². The minimum absolute atomic E-state index is 0.0831. The van der Waals surface area contributed by atoms with E-state index in [1.807, 2.05) is 37.4 Å². The molecule has 0 saturated heterocycles. The fourth-order valence-corrected chi connectivity index (χ4v) is 2.13. The topological polar surface area (TPSA) is 51.2 Å². The molecule has 0 saturated carbocycles. The number of carbonyl (C=O) groups is 1. The molecule has 0 atom stereocenters. The molecule has 4 nitrogen and oxygen atoms in total. The molecule has 0 aliphatic carbocycles. The van der Waals surface area contributed by atoms with Crippen LogP contribution < -0.4 is 10.1 Å². The van der Waals surface area contributed by atoms with Crippen LogP contribution in [0.15, 0.2) is 29.8 Å². The number of carbonyl (C=O) groups excluding carboxylic acids is 1. The Morgan fingerprint density at radius 1 is 1.42 bits per heavy atom. The average Bonchev–Trinajstić information content (AvgIpc) is 2.86. The number of thiazole rings is 1. The smallest absolute Gasteiger partial charge is 0.229 e. The highest BCUT2D eigenvalue weighted by Gasteiger charge is 2.05. The summed E-state index contributed by atoms with van der Waals surface area (Å²) in [6.45, 7) is 4.37. The molecule has 1 amide bonds. The van der Waals surface area contributed by atoms with Gasteiger partial charge in [0.05, 0.1) is 13.0 Å². The fraction of sp³-hybridized carbons (Fsp3) is 0.286. The van der Waals surface area contributed by atoms with E-state index in [9.17, 15) is 4.79 Å². The Morgan fingerprint density at radius 2 is 2.26 bits per heavy atom. The van der Waals surface area contributed by atoms with Crippen LogP contribution in [0, 0.1) is 13.8 Å². The first-order valence-electron chi connectivity index (χ1n) is 6.04. The second-order valence-corrected chi connectivity index (χ2v) is 5.15. The predicted octanol–water partition coefficient (Wildman–Crippen LogP) is 3.17. The molecule has 1 N–H and O–H groups in total. The third kappa shape index (κ3) is 4.06. The van der Waals surface area contributed by atoms with Crippen molar-refractivity contribution in [1.29, 1.82) is 0 Å². The van der Waals surface area contributed by atoms with E-state index in [1.54, 1.807) is 6.20 Å². The molecule has 19 heavy (non-hydrogen) atoms. The molecule has 0 radical (unpaired) electrons. The van der Waals surface area contributed by atoms with Gasteiger partial charge in [0.2, 0.25) is 5.91 Å². The lowest BCUT2D eigenvalue weighted by Crippen LogP contribution is -2.15. The van der Waals surface area contributed by atoms with Gasteiger partial charge in [0.25, 0.3) is 0 Å². The zero-order chi connectivity index (χ0) is 13.7. The normalized spacial score (nSPS) is 10.2. The molecule has 100 valence electrons. The summed E-state index contributed by atoms with van der Waals surface area (Å²) in [5.74, 6) is 0.752. The van der Waals surface area contributed by atoms with Crippen molar-refractivity contribution >= 4 is 22.4 Å². The first kappa shape index (κ1) is 13.5. The van der Waals surface area contributed by atoms with Gasteiger partial charge in [0, 0.05) is 11.6 Å². The maximum Gasteiger partial charge on any atom is 0.229 e. The number of ether oxygens (including phenoxy) is 1. The number of nitrogens with one attached hydrogen (secondary N) is 1. The summed E-state index contributed by atoms with van der Waals surface area (Å²) in [5, 5.41) is 5.17. The summed E-state index contributed by atoms with van der Waals surface area (Å²) in [6.07, 6.45) is 1.97. The highest BCUT2D eigenvalue weighted by molar-refractivity contribution is 7.13. The zero-order valence-corrected chi connectivity index (χ0v) is 11.8. The van der Waals surface area contributed by atoms with Gasteiger partial charge >= 0.3 is 0 Å². The number of aromatic nitrogens is 1. The molecule has 0 spiro atoms. The fourth-order valence-electron chi connectivity index (χ4n) is 1.58. The molecular weight excluding hydrogens is 260 g/mol. The summed E-state index contributed by atoms with van der Waals surface area (Å²) in [7, 11) is 0. The van der Waals surface area contributed by atoms with Crippen LogP contribution in [0.3, 0.4) is 0 Å².